The van der Waals surface area contributed by atoms with E-state index in [9.17, 15) is 9.59 Å². The maximum atomic E-state index is 12.5. The van der Waals surface area contributed by atoms with Crippen LogP contribution in [-0.2, 0) is 11.3 Å². The Morgan fingerprint density at radius 3 is 2.50 bits per heavy atom. The highest BCUT2D eigenvalue weighted by Crippen LogP contribution is 2.29. The summed E-state index contributed by atoms with van der Waals surface area (Å²) in [6.07, 6.45) is 6.31. The summed E-state index contributed by atoms with van der Waals surface area (Å²) in [4.78, 5) is 35.0. The standard InChI is InChI=1S/C30H29N5O3/c1-19-17-35(18-19)30(37)23-7-5-22(6-8-23)24-9-10-26(20(2)13-24)29-34-16-25(38-29)15-33-28(36)12-4-21-3-11-27(31)32-14-21/h3-14,16,19H,15,17-18H2,1-2H3,(H2,31,32)(H,33,36)/b12-4+. The van der Waals surface area contributed by atoms with Gasteiger partial charge >= 0.3 is 0 Å². The number of nitrogen functional groups attached to an aromatic ring is 1. The lowest BCUT2D eigenvalue weighted by atomic mass is 9.97. The summed E-state index contributed by atoms with van der Waals surface area (Å²) in [6, 6.07) is 17.3. The van der Waals surface area contributed by atoms with Crippen molar-refractivity contribution in [3.8, 4) is 22.6 Å². The lowest BCUT2D eigenvalue weighted by Crippen LogP contribution is -2.48. The molecule has 3 heterocycles. The Balaban J connectivity index is 1.20. The number of likely N-dealkylation sites (tertiary alicyclic amines) is 1. The molecule has 2 amide bonds. The Morgan fingerprint density at radius 2 is 1.82 bits per heavy atom. The molecule has 1 saturated heterocycles. The molecule has 8 nitrogen and oxygen atoms in total. The summed E-state index contributed by atoms with van der Waals surface area (Å²) < 4.78 is 5.89. The van der Waals surface area contributed by atoms with E-state index in [-0.39, 0.29) is 18.4 Å². The minimum absolute atomic E-state index is 0.0900. The number of benzene rings is 2. The fourth-order valence-corrected chi connectivity index (χ4v) is 4.37. The molecule has 2 aromatic carbocycles. The van der Waals surface area contributed by atoms with Crippen LogP contribution in [0.3, 0.4) is 0 Å². The number of hydrogen-bond acceptors (Lipinski definition) is 6. The first-order chi connectivity index (χ1) is 18.4. The van der Waals surface area contributed by atoms with Crippen molar-refractivity contribution >= 4 is 23.7 Å². The first-order valence-corrected chi connectivity index (χ1v) is 12.5. The summed E-state index contributed by atoms with van der Waals surface area (Å²) in [5.41, 5.74) is 11.0. The van der Waals surface area contributed by atoms with Gasteiger partial charge in [0.1, 0.15) is 11.6 Å². The molecule has 1 fully saturated rings. The number of nitrogens with one attached hydrogen (secondary N) is 1. The van der Waals surface area contributed by atoms with E-state index in [0.717, 1.165) is 40.9 Å². The first-order valence-electron chi connectivity index (χ1n) is 12.5. The molecule has 8 heteroatoms. The van der Waals surface area contributed by atoms with Crippen molar-refractivity contribution in [2.45, 2.75) is 20.4 Å². The number of aryl methyl sites for hydroxylation is 1. The number of nitrogens with two attached hydrogens (primary N) is 1. The predicted molar refractivity (Wildman–Crippen MR) is 147 cm³/mol. The second-order valence-corrected chi connectivity index (χ2v) is 9.62. The van der Waals surface area contributed by atoms with Gasteiger partial charge in [-0.25, -0.2) is 9.97 Å². The quantitative estimate of drug-likeness (QED) is 0.350. The predicted octanol–water partition coefficient (Wildman–Crippen LogP) is 4.72. The molecule has 0 aliphatic carbocycles. The molecular weight excluding hydrogens is 478 g/mol. The van der Waals surface area contributed by atoms with Crippen LogP contribution in [0.4, 0.5) is 5.82 Å². The number of pyridine rings is 1. The van der Waals surface area contributed by atoms with E-state index in [1.807, 2.05) is 48.2 Å². The molecule has 0 bridgehead atoms. The first kappa shape index (κ1) is 25.0. The molecule has 0 radical (unpaired) electrons. The van der Waals surface area contributed by atoms with Crippen molar-refractivity contribution in [3.05, 3.63) is 95.5 Å². The molecule has 0 unspecified atom stereocenters. The smallest absolute Gasteiger partial charge is 0.253 e. The Bertz CT molecular complexity index is 1480. The minimum Gasteiger partial charge on any atom is -0.439 e. The van der Waals surface area contributed by atoms with Crippen LogP contribution in [0, 0.1) is 12.8 Å². The van der Waals surface area contributed by atoms with E-state index in [2.05, 4.69) is 28.3 Å². The van der Waals surface area contributed by atoms with Gasteiger partial charge < -0.3 is 20.4 Å². The van der Waals surface area contributed by atoms with E-state index >= 15 is 0 Å². The third-order valence-corrected chi connectivity index (χ3v) is 6.50. The molecule has 3 N–H and O–H groups in total. The number of aromatic nitrogens is 2. The van der Waals surface area contributed by atoms with Gasteiger partial charge in [-0.15, -0.1) is 0 Å². The van der Waals surface area contributed by atoms with Crippen molar-refractivity contribution in [3.63, 3.8) is 0 Å². The van der Waals surface area contributed by atoms with Crippen molar-refractivity contribution in [1.82, 2.24) is 20.2 Å². The molecule has 1 aliphatic rings. The fraction of sp³-hybridized carbons (Fsp3) is 0.200. The lowest BCUT2D eigenvalue weighted by Gasteiger charge is -2.37. The van der Waals surface area contributed by atoms with Gasteiger partial charge in [0.25, 0.3) is 5.91 Å². The largest absolute Gasteiger partial charge is 0.439 e. The summed E-state index contributed by atoms with van der Waals surface area (Å²) in [5, 5.41) is 2.79. The van der Waals surface area contributed by atoms with Gasteiger partial charge in [-0.1, -0.05) is 31.2 Å². The second kappa shape index (κ2) is 10.7. The van der Waals surface area contributed by atoms with Crippen LogP contribution >= 0.6 is 0 Å². The number of oxazole rings is 1. The van der Waals surface area contributed by atoms with Crippen LogP contribution in [0.1, 0.15) is 34.2 Å². The third kappa shape index (κ3) is 5.64. The van der Waals surface area contributed by atoms with Crippen LogP contribution in [0.5, 0.6) is 0 Å². The van der Waals surface area contributed by atoms with Gasteiger partial charge in [0.05, 0.1) is 12.7 Å². The highest BCUT2D eigenvalue weighted by atomic mass is 16.4. The van der Waals surface area contributed by atoms with Gasteiger partial charge in [0.15, 0.2) is 0 Å². The SMILES string of the molecule is Cc1cc(-c2ccc(C(=O)N3CC(C)C3)cc2)ccc1-c1ncc(CNC(=O)/C=C/c2ccc(N)nc2)o1. The molecular formula is C30H29N5O3. The van der Waals surface area contributed by atoms with Crippen LogP contribution in [-0.4, -0.2) is 39.8 Å². The van der Waals surface area contributed by atoms with Crippen molar-refractivity contribution in [2.75, 3.05) is 18.8 Å². The Labute approximate surface area is 221 Å². The zero-order valence-corrected chi connectivity index (χ0v) is 21.3. The maximum Gasteiger partial charge on any atom is 0.253 e. The van der Waals surface area contributed by atoms with Gasteiger partial charge in [-0.05, 0) is 71.5 Å². The molecule has 38 heavy (non-hydrogen) atoms. The molecule has 2 aromatic heterocycles. The van der Waals surface area contributed by atoms with Crippen LogP contribution in [0.25, 0.3) is 28.7 Å². The summed E-state index contributed by atoms with van der Waals surface area (Å²) >= 11 is 0. The molecule has 0 atom stereocenters. The van der Waals surface area contributed by atoms with E-state index in [1.165, 1.54) is 6.08 Å². The fourth-order valence-electron chi connectivity index (χ4n) is 4.37. The molecule has 0 saturated carbocycles. The van der Waals surface area contributed by atoms with Crippen molar-refractivity contribution < 1.29 is 14.0 Å². The summed E-state index contributed by atoms with van der Waals surface area (Å²) in [5.74, 6) is 1.89. The second-order valence-electron chi connectivity index (χ2n) is 9.62. The van der Waals surface area contributed by atoms with E-state index in [1.54, 1.807) is 30.6 Å². The topological polar surface area (TPSA) is 114 Å². The van der Waals surface area contributed by atoms with Gasteiger partial charge in [0.2, 0.25) is 11.8 Å². The number of anilines is 1. The molecule has 1 aliphatic heterocycles. The average molecular weight is 508 g/mol. The molecule has 4 aromatic rings. The Hall–Kier alpha value is -4.72. The number of amides is 2. The number of rotatable bonds is 7. The number of nitrogens with zero attached hydrogens (tertiary/aromatic N) is 3. The number of carbonyl (C=O) groups excluding carboxylic acids is 2. The molecule has 5 rings (SSSR count). The monoisotopic (exact) mass is 507 g/mol. The van der Waals surface area contributed by atoms with E-state index in [4.69, 9.17) is 10.2 Å². The van der Waals surface area contributed by atoms with Crippen LogP contribution < -0.4 is 11.1 Å². The number of hydrogen-bond donors (Lipinski definition) is 2. The minimum atomic E-state index is -0.257. The van der Waals surface area contributed by atoms with Gasteiger partial charge in [0, 0.05) is 36.5 Å². The highest BCUT2D eigenvalue weighted by Gasteiger charge is 2.27. The lowest BCUT2D eigenvalue weighted by molar-refractivity contribution is -0.116. The summed E-state index contributed by atoms with van der Waals surface area (Å²) in [7, 11) is 0. The van der Waals surface area contributed by atoms with Crippen molar-refractivity contribution in [2.24, 2.45) is 5.92 Å². The van der Waals surface area contributed by atoms with Crippen LogP contribution in [0.2, 0.25) is 0 Å². The van der Waals surface area contributed by atoms with Gasteiger partial charge in [-0.2, -0.15) is 0 Å². The van der Waals surface area contributed by atoms with Crippen LogP contribution in [0.15, 0.2) is 77.5 Å². The summed E-state index contributed by atoms with van der Waals surface area (Å²) in [6.45, 7) is 6.03. The van der Waals surface area contributed by atoms with Gasteiger partial charge in [-0.3, -0.25) is 9.59 Å². The zero-order chi connectivity index (χ0) is 26.6. The van der Waals surface area contributed by atoms with E-state index < -0.39 is 0 Å². The maximum absolute atomic E-state index is 12.5. The zero-order valence-electron chi connectivity index (χ0n) is 21.3. The Kier molecular flexibility index (Phi) is 7.04. The molecule has 192 valence electrons. The Morgan fingerprint density at radius 1 is 1.05 bits per heavy atom. The molecule has 0 spiro atoms. The number of carbonyl (C=O) groups is 2. The normalized spacial score (nSPS) is 13.5. The third-order valence-electron chi connectivity index (χ3n) is 6.50. The van der Waals surface area contributed by atoms with E-state index in [0.29, 0.717) is 29.0 Å². The average Bonchev–Trinajstić information content (AvgIpc) is 3.38. The van der Waals surface area contributed by atoms with Crippen molar-refractivity contribution in [1.29, 1.82) is 0 Å². The highest BCUT2D eigenvalue weighted by molar-refractivity contribution is 5.95.